The summed E-state index contributed by atoms with van der Waals surface area (Å²) in [6, 6.07) is 4.99. The van der Waals surface area contributed by atoms with Gasteiger partial charge in [0.25, 0.3) is 0 Å². The lowest BCUT2D eigenvalue weighted by Crippen LogP contribution is -2.38. The summed E-state index contributed by atoms with van der Waals surface area (Å²) in [5, 5.41) is 9.15. The molecule has 0 saturated carbocycles. The molecule has 0 bridgehead atoms. The van der Waals surface area contributed by atoms with Crippen LogP contribution in [0.1, 0.15) is 49.0 Å². The van der Waals surface area contributed by atoms with Gasteiger partial charge in [0.05, 0.1) is 6.61 Å². The predicted molar refractivity (Wildman–Crippen MR) is 83.1 cm³/mol. The zero-order chi connectivity index (χ0) is 15.8. The average molecular weight is 295 g/mol. The molecule has 21 heavy (non-hydrogen) atoms. The Labute approximate surface area is 126 Å². The van der Waals surface area contributed by atoms with Crippen LogP contribution < -0.4 is 0 Å². The summed E-state index contributed by atoms with van der Waals surface area (Å²) in [5.41, 5.74) is 0.970. The van der Waals surface area contributed by atoms with Crippen molar-refractivity contribution >= 4 is 5.78 Å². The van der Waals surface area contributed by atoms with Gasteiger partial charge in [-0.2, -0.15) is 0 Å². The summed E-state index contributed by atoms with van der Waals surface area (Å²) >= 11 is 0. The summed E-state index contributed by atoms with van der Waals surface area (Å²) in [7, 11) is 0. The van der Waals surface area contributed by atoms with Crippen molar-refractivity contribution in [1.29, 1.82) is 0 Å². The van der Waals surface area contributed by atoms with Crippen molar-refractivity contribution in [1.82, 2.24) is 4.90 Å². The zero-order valence-corrected chi connectivity index (χ0v) is 13.2. The van der Waals surface area contributed by atoms with Crippen LogP contribution in [0.5, 0.6) is 0 Å². The van der Waals surface area contributed by atoms with E-state index in [1.54, 1.807) is 19.1 Å². The Hall–Kier alpha value is -1.26. The van der Waals surface area contributed by atoms with Crippen LogP contribution in [0.15, 0.2) is 18.2 Å². The van der Waals surface area contributed by atoms with Crippen LogP contribution in [0.2, 0.25) is 0 Å². The number of Topliss-reactive ketones (excluding diaryl/α,β-unsaturated/α-hetero) is 1. The molecule has 0 aliphatic heterocycles. The van der Waals surface area contributed by atoms with Crippen molar-refractivity contribution in [3.8, 4) is 0 Å². The number of aliphatic hydroxyl groups is 1. The van der Waals surface area contributed by atoms with Crippen molar-refractivity contribution in [3.63, 3.8) is 0 Å². The van der Waals surface area contributed by atoms with Gasteiger partial charge in [0.2, 0.25) is 0 Å². The Bertz CT molecular complexity index is 458. The van der Waals surface area contributed by atoms with Gasteiger partial charge in [0.15, 0.2) is 5.78 Å². The maximum absolute atomic E-state index is 13.5. The van der Waals surface area contributed by atoms with E-state index in [-0.39, 0.29) is 18.2 Å². The highest BCUT2D eigenvalue weighted by molar-refractivity contribution is 5.96. The van der Waals surface area contributed by atoms with Crippen LogP contribution in [0.4, 0.5) is 4.39 Å². The van der Waals surface area contributed by atoms with Crippen molar-refractivity contribution in [2.45, 2.75) is 46.1 Å². The van der Waals surface area contributed by atoms with Gasteiger partial charge in [-0.15, -0.1) is 0 Å². The van der Waals surface area contributed by atoms with Crippen LogP contribution in [-0.4, -0.2) is 41.5 Å². The number of nitrogens with zero attached hydrogens (tertiary/aromatic N) is 1. The first-order chi connectivity index (χ1) is 10.0. The molecule has 0 spiro atoms. The fraction of sp³-hybridized carbons (Fsp3) is 0.588. The van der Waals surface area contributed by atoms with Crippen LogP contribution in [0.25, 0.3) is 0 Å². The Morgan fingerprint density at radius 2 is 1.95 bits per heavy atom. The molecular formula is C17H26FNO2. The second kappa shape index (κ2) is 8.90. The third kappa shape index (κ3) is 5.21. The van der Waals surface area contributed by atoms with Gasteiger partial charge in [0.1, 0.15) is 5.82 Å². The SMILES string of the molecule is CCC(CC)N(CCO)CCC(=O)c1ccc(C)c(F)c1. The highest BCUT2D eigenvalue weighted by atomic mass is 19.1. The number of hydrogen-bond acceptors (Lipinski definition) is 3. The molecule has 0 atom stereocenters. The van der Waals surface area contributed by atoms with Gasteiger partial charge in [0, 0.05) is 31.1 Å². The third-order valence-electron chi connectivity index (χ3n) is 3.97. The zero-order valence-electron chi connectivity index (χ0n) is 13.2. The first-order valence-corrected chi connectivity index (χ1v) is 7.67. The smallest absolute Gasteiger partial charge is 0.164 e. The molecule has 118 valence electrons. The molecule has 4 heteroatoms. The summed E-state index contributed by atoms with van der Waals surface area (Å²) in [5.74, 6) is -0.393. The molecule has 0 aromatic heterocycles. The lowest BCUT2D eigenvalue weighted by molar-refractivity contribution is 0.0926. The summed E-state index contributed by atoms with van der Waals surface area (Å²) in [4.78, 5) is 14.3. The number of aliphatic hydroxyl groups excluding tert-OH is 1. The molecule has 0 heterocycles. The van der Waals surface area contributed by atoms with Crippen molar-refractivity contribution < 1.29 is 14.3 Å². The number of benzene rings is 1. The molecule has 0 fully saturated rings. The number of aryl methyl sites for hydroxylation is 1. The molecule has 1 aromatic rings. The quantitative estimate of drug-likeness (QED) is 0.711. The Kier molecular flexibility index (Phi) is 7.54. The third-order valence-corrected chi connectivity index (χ3v) is 3.97. The largest absolute Gasteiger partial charge is 0.395 e. The van der Waals surface area contributed by atoms with Gasteiger partial charge in [-0.05, 0) is 31.4 Å². The average Bonchev–Trinajstić information content (AvgIpc) is 2.48. The Morgan fingerprint density at radius 3 is 2.48 bits per heavy atom. The molecule has 1 N–H and O–H groups in total. The van der Waals surface area contributed by atoms with Crippen LogP contribution in [-0.2, 0) is 0 Å². The molecule has 0 aliphatic carbocycles. The van der Waals surface area contributed by atoms with E-state index >= 15 is 0 Å². The predicted octanol–water partition coefficient (Wildman–Crippen LogP) is 3.19. The summed E-state index contributed by atoms with van der Waals surface area (Å²) in [6.07, 6.45) is 2.33. The maximum atomic E-state index is 13.5. The molecule has 0 aliphatic rings. The van der Waals surface area contributed by atoms with Gasteiger partial charge in [-0.3, -0.25) is 9.69 Å². The van der Waals surface area contributed by atoms with Crippen LogP contribution >= 0.6 is 0 Å². The Morgan fingerprint density at radius 1 is 1.29 bits per heavy atom. The van der Waals surface area contributed by atoms with Gasteiger partial charge in [-0.1, -0.05) is 26.0 Å². The number of carbonyl (C=O) groups excluding carboxylic acids is 1. The lowest BCUT2D eigenvalue weighted by Gasteiger charge is -2.29. The highest BCUT2D eigenvalue weighted by Crippen LogP contribution is 2.13. The van der Waals surface area contributed by atoms with E-state index in [9.17, 15) is 9.18 Å². The number of ketones is 1. The fourth-order valence-corrected chi connectivity index (χ4v) is 2.57. The van der Waals surface area contributed by atoms with E-state index in [2.05, 4.69) is 18.7 Å². The standard InChI is InChI=1S/C17H26FNO2/c1-4-15(5-2)19(10-11-20)9-8-17(21)14-7-6-13(3)16(18)12-14/h6-7,12,15,20H,4-5,8-11H2,1-3H3. The van der Waals surface area contributed by atoms with E-state index in [1.807, 2.05) is 0 Å². The minimum Gasteiger partial charge on any atom is -0.395 e. The second-order valence-corrected chi connectivity index (χ2v) is 5.37. The summed E-state index contributed by atoms with van der Waals surface area (Å²) in [6.45, 7) is 7.15. The minimum absolute atomic E-state index is 0.0530. The van der Waals surface area contributed by atoms with Crippen LogP contribution in [0.3, 0.4) is 0 Å². The van der Waals surface area contributed by atoms with Gasteiger partial charge < -0.3 is 5.11 Å². The number of hydrogen-bond donors (Lipinski definition) is 1. The molecule has 0 saturated heterocycles. The molecule has 0 amide bonds. The van der Waals surface area contributed by atoms with E-state index in [0.717, 1.165) is 12.8 Å². The Balaban J connectivity index is 2.66. The van der Waals surface area contributed by atoms with E-state index < -0.39 is 0 Å². The second-order valence-electron chi connectivity index (χ2n) is 5.37. The van der Waals surface area contributed by atoms with E-state index in [4.69, 9.17) is 5.11 Å². The lowest BCUT2D eigenvalue weighted by atomic mass is 10.0. The summed E-state index contributed by atoms with van der Waals surface area (Å²) < 4.78 is 13.5. The monoisotopic (exact) mass is 295 g/mol. The van der Waals surface area contributed by atoms with Gasteiger partial charge >= 0.3 is 0 Å². The first-order valence-electron chi connectivity index (χ1n) is 7.67. The van der Waals surface area contributed by atoms with Crippen molar-refractivity contribution in [3.05, 3.63) is 35.1 Å². The maximum Gasteiger partial charge on any atom is 0.164 e. The topological polar surface area (TPSA) is 40.5 Å². The number of rotatable bonds is 9. The van der Waals surface area contributed by atoms with E-state index in [1.165, 1.54) is 6.07 Å². The highest BCUT2D eigenvalue weighted by Gasteiger charge is 2.16. The minimum atomic E-state index is -0.340. The molecule has 1 rings (SSSR count). The molecule has 0 radical (unpaired) electrons. The van der Waals surface area contributed by atoms with Crippen LogP contribution in [0, 0.1) is 12.7 Å². The normalized spacial score (nSPS) is 11.4. The number of carbonyl (C=O) groups is 1. The number of halogens is 1. The molecule has 3 nitrogen and oxygen atoms in total. The molecule has 1 aromatic carbocycles. The van der Waals surface area contributed by atoms with Crippen molar-refractivity contribution in [2.24, 2.45) is 0 Å². The molecular weight excluding hydrogens is 269 g/mol. The van der Waals surface area contributed by atoms with E-state index in [0.29, 0.717) is 36.7 Å². The first kappa shape index (κ1) is 17.8. The van der Waals surface area contributed by atoms with Crippen molar-refractivity contribution in [2.75, 3.05) is 19.7 Å². The molecule has 0 unspecified atom stereocenters. The van der Waals surface area contributed by atoms with Gasteiger partial charge in [-0.25, -0.2) is 4.39 Å². The fourth-order valence-electron chi connectivity index (χ4n) is 2.57.